The predicted octanol–water partition coefficient (Wildman–Crippen LogP) is 17.7. The normalized spacial score (nSPS) is 11.4. The van der Waals surface area contributed by atoms with E-state index in [-0.39, 0.29) is 0 Å². The van der Waals surface area contributed by atoms with Gasteiger partial charge in [0.1, 0.15) is 11.2 Å². The maximum atomic E-state index is 6.23. The molecule has 0 fully saturated rings. The van der Waals surface area contributed by atoms with Crippen LogP contribution in [-0.4, -0.2) is 0 Å². The van der Waals surface area contributed by atoms with Crippen molar-refractivity contribution in [3.63, 3.8) is 0 Å². The van der Waals surface area contributed by atoms with Crippen molar-refractivity contribution in [2.75, 3.05) is 4.90 Å². The van der Waals surface area contributed by atoms with Gasteiger partial charge in [0.2, 0.25) is 0 Å². The summed E-state index contributed by atoms with van der Waals surface area (Å²) in [7, 11) is 0. The first-order valence-electron chi connectivity index (χ1n) is 21.9. The molecule has 0 aliphatic heterocycles. The van der Waals surface area contributed by atoms with E-state index in [2.05, 4.69) is 241 Å². The van der Waals surface area contributed by atoms with Crippen molar-refractivity contribution >= 4 is 60.5 Å². The number of para-hydroxylation sites is 1. The first-order valence-corrected chi connectivity index (χ1v) is 21.9. The summed E-state index contributed by atoms with van der Waals surface area (Å²) in [6.07, 6.45) is 0. The number of hydrogen-bond acceptors (Lipinski definition) is 2. The SMILES string of the molecule is c1ccc(-c2ccc(-c3cccc4ccccc34)cc2N(c2ccc(-c3ccc(-c4cccc5ccccc45)cc3)cc2)c2cccc(-c3ccc4oc5ccccc5c4c3)c2)cc1. The van der Waals surface area contributed by atoms with Gasteiger partial charge in [0.25, 0.3) is 0 Å². The summed E-state index contributed by atoms with van der Waals surface area (Å²) in [5.74, 6) is 0. The third-order valence-corrected chi connectivity index (χ3v) is 12.7. The van der Waals surface area contributed by atoms with Crippen molar-refractivity contribution in [1.82, 2.24) is 0 Å². The fourth-order valence-electron chi connectivity index (χ4n) is 9.50. The zero-order chi connectivity index (χ0) is 42.4. The minimum absolute atomic E-state index is 0.892. The van der Waals surface area contributed by atoms with Crippen molar-refractivity contribution in [3.05, 3.63) is 249 Å². The third kappa shape index (κ3) is 6.70. The van der Waals surface area contributed by atoms with Crippen LogP contribution < -0.4 is 4.90 Å². The zero-order valence-electron chi connectivity index (χ0n) is 35.0. The number of benzene rings is 11. The average molecular weight is 816 g/mol. The van der Waals surface area contributed by atoms with Crippen LogP contribution in [0.5, 0.6) is 0 Å². The Hall–Kier alpha value is -8.46. The van der Waals surface area contributed by atoms with Crippen LogP contribution in [0.15, 0.2) is 253 Å². The Labute approximate surface area is 372 Å². The van der Waals surface area contributed by atoms with Gasteiger partial charge in [-0.2, -0.15) is 0 Å². The van der Waals surface area contributed by atoms with Crippen LogP contribution in [-0.2, 0) is 0 Å². The van der Waals surface area contributed by atoms with Crippen LogP contribution in [0.25, 0.3) is 99.1 Å². The highest BCUT2D eigenvalue weighted by atomic mass is 16.3. The molecule has 0 radical (unpaired) electrons. The quantitative estimate of drug-likeness (QED) is 0.152. The Morgan fingerprint density at radius 3 is 1.48 bits per heavy atom. The van der Waals surface area contributed by atoms with Crippen LogP contribution in [0.1, 0.15) is 0 Å². The van der Waals surface area contributed by atoms with Gasteiger partial charge >= 0.3 is 0 Å². The molecule has 0 aliphatic carbocycles. The Morgan fingerprint density at radius 2 is 0.750 bits per heavy atom. The summed E-state index contributed by atoms with van der Waals surface area (Å²) in [5, 5.41) is 7.21. The van der Waals surface area contributed by atoms with Gasteiger partial charge in [-0.15, -0.1) is 0 Å². The van der Waals surface area contributed by atoms with Gasteiger partial charge < -0.3 is 9.32 Å². The van der Waals surface area contributed by atoms with Crippen LogP contribution in [0, 0.1) is 0 Å². The Balaban J connectivity index is 1.01. The van der Waals surface area contributed by atoms with Gasteiger partial charge in [0, 0.05) is 27.7 Å². The minimum Gasteiger partial charge on any atom is -0.456 e. The van der Waals surface area contributed by atoms with Crippen LogP contribution in [0.4, 0.5) is 17.1 Å². The van der Waals surface area contributed by atoms with E-state index in [4.69, 9.17) is 4.42 Å². The van der Waals surface area contributed by atoms with E-state index in [0.717, 1.165) is 72.4 Å². The van der Waals surface area contributed by atoms with Crippen molar-refractivity contribution in [2.45, 2.75) is 0 Å². The van der Waals surface area contributed by atoms with E-state index in [0.29, 0.717) is 0 Å². The van der Waals surface area contributed by atoms with Gasteiger partial charge in [-0.25, -0.2) is 0 Å². The Kier molecular flexibility index (Phi) is 9.20. The van der Waals surface area contributed by atoms with Gasteiger partial charge in [-0.3, -0.25) is 0 Å². The van der Waals surface area contributed by atoms with E-state index in [1.165, 1.54) is 43.8 Å². The topological polar surface area (TPSA) is 16.4 Å². The highest BCUT2D eigenvalue weighted by molar-refractivity contribution is 6.06. The smallest absolute Gasteiger partial charge is 0.135 e. The molecule has 0 spiro atoms. The lowest BCUT2D eigenvalue weighted by molar-refractivity contribution is 0.669. The summed E-state index contributed by atoms with van der Waals surface area (Å²) in [5.41, 5.74) is 16.7. The van der Waals surface area contributed by atoms with Crippen molar-refractivity contribution in [3.8, 4) is 55.6 Å². The molecule has 0 saturated heterocycles. The lowest BCUT2D eigenvalue weighted by Crippen LogP contribution is -2.11. The molecule has 0 saturated carbocycles. The molecule has 0 bridgehead atoms. The molecule has 0 amide bonds. The molecule has 0 aliphatic rings. The molecule has 0 unspecified atom stereocenters. The molecular weight excluding hydrogens is 775 g/mol. The van der Waals surface area contributed by atoms with Gasteiger partial charge in [-0.1, -0.05) is 200 Å². The highest BCUT2D eigenvalue weighted by Crippen LogP contribution is 2.45. The molecule has 11 aromatic carbocycles. The number of furan rings is 1. The second kappa shape index (κ2) is 15.8. The van der Waals surface area contributed by atoms with Gasteiger partial charge in [-0.05, 0) is 120 Å². The molecule has 1 heterocycles. The predicted molar refractivity (Wildman–Crippen MR) is 271 cm³/mol. The van der Waals surface area contributed by atoms with Crippen LogP contribution in [0.2, 0.25) is 0 Å². The number of nitrogens with zero attached hydrogens (tertiary/aromatic N) is 1. The highest BCUT2D eigenvalue weighted by Gasteiger charge is 2.20. The second-order valence-electron chi connectivity index (χ2n) is 16.5. The minimum atomic E-state index is 0.892. The average Bonchev–Trinajstić information content (AvgIpc) is 3.75. The largest absolute Gasteiger partial charge is 0.456 e. The first kappa shape index (κ1) is 37.3. The summed E-state index contributed by atoms with van der Waals surface area (Å²) < 4.78 is 6.23. The molecule has 12 aromatic rings. The van der Waals surface area contributed by atoms with Crippen molar-refractivity contribution in [2.24, 2.45) is 0 Å². The monoisotopic (exact) mass is 815 g/mol. The maximum Gasteiger partial charge on any atom is 0.135 e. The first-order chi connectivity index (χ1) is 31.7. The van der Waals surface area contributed by atoms with Gasteiger partial charge in [0.15, 0.2) is 0 Å². The van der Waals surface area contributed by atoms with Crippen molar-refractivity contribution < 1.29 is 4.42 Å². The Morgan fingerprint density at radius 1 is 0.250 bits per heavy atom. The molecule has 2 heteroatoms. The van der Waals surface area contributed by atoms with E-state index in [1.54, 1.807) is 0 Å². The van der Waals surface area contributed by atoms with Crippen LogP contribution in [0.3, 0.4) is 0 Å². The molecule has 64 heavy (non-hydrogen) atoms. The Bertz CT molecular complexity index is 3650. The molecule has 300 valence electrons. The number of fused-ring (bicyclic) bond motifs is 5. The second-order valence-corrected chi connectivity index (χ2v) is 16.5. The fraction of sp³-hybridized carbons (Fsp3) is 0. The summed E-state index contributed by atoms with van der Waals surface area (Å²) >= 11 is 0. The van der Waals surface area contributed by atoms with E-state index < -0.39 is 0 Å². The maximum absolute atomic E-state index is 6.23. The molecular formula is C62H41NO. The van der Waals surface area contributed by atoms with Crippen LogP contribution >= 0.6 is 0 Å². The van der Waals surface area contributed by atoms with E-state index in [1.807, 2.05) is 12.1 Å². The van der Waals surface area contributed by atoms with Gasteiger partial charge in [0.05, 0.1) is 5.69 Å². The van der Waals surface area contributed by atoms with Crippen molar-refractivity contribution in [1.29, 1.82) is 0 Å². The van der Waals surface area contributed by atoms with E-state index in [9.17, 15) is 0 Å². The lowest BCUT2D eigenvalue weighted by atomic mass is 9.93. The fourth-order valence-corrected chi connectivity index (χ4v) is 9.50. The number of hydrogen-bond donors (Lipinski definition) is 0. The number of anilines is 3. The van der Waals surface area contributed by atoms with E-state index >= 15 is 0 Å². The standard InChI is InChI=1S/C62H41NO/c1-2-13-46(14-3-1)57-37-33-50(56-25-12-18-45-16-5-7-22-54(45)56)41-60(57)63(52-20-10-19-48(39-52)49-34-38-62-59(40-49)58-23-8-9-26-61(58)64-62)51-35-31-43(32-36-51)42-27-29-47(30-28-42)55-24-11-17-44-15-4-6-21-53(44)55/h1-41H. The summed E-state index contributed by atoms with van der Waals surface area (Å²) in [4.78, 5) is 2.43. The zero-order valence-corrected chi connectivity index (χ0v) is 35.0. The summed E-state index contributed by atoms with van der Waals surface area (Å²) in [6, 6.07) is 89.9. The molecule has 0 N–H and O–H groups in total. The lowest BCUT2D eigenvalue weighted by Gasteiger charge is -2.29. The summed E-state index contributed by atoms with van der Waals surface area (Å²) in [6.45, 7) is 0. The molecule has 1 aromatic heterocycles. The molecule has 0 atom stereocenters. The molecule has 12 rings (SSSR count). The molecule has 2 nitrogen and oxygen atoms in total. The third-order valence-electron chi connectivity index (χ3n) is 12.7. The number of rotatable bonds is 8.